The van der Waals surface area contributed by atoms with E-state index in [2.05, 4.69) is 181 Å². The maximum absolute atomic E-state index is 6.86. The van der Waals surface area contributed by atoms with E-state index in [1.807, 2.05) is 18.0 Å². The summed E-state index contributed by atoms with van der Waals surface area (Å²) in [6, 6.07) is 44.0. The Morgan fingerprint density at radius 2 is 1.33 bits per heavy atom. The maximum atomic E-state index is 6.86. The van der Waals surface area contributed by atoms with Crippen LogP contribution >= 0.6 is 11.8 Å². The van der Waals surface area contributed by atoms with E-state index in [1.165, 1.54) is 27.6 Å². The molecule has 1 atom stereocenters. The predicted molar refractivity (Wildman–Crippen MR) is 229 cm³/mol. The number of thioether (sulfide) groups is 1. The van der Waals surface area contributed by atoms with Crippen molar-refractivity contribution >= 4 is 38.7 Å². The molecule has 5 heteroatoms. The molecule has 3 heterocycles. The molecular weight excluding hydrogens is 679 g/mol. The van der Waals surface area contributed by atoms with Gasteiger partial charge in [-0.3, -0.25) is 9.56 Å². The summed E-state index contributed by atoms with van der Waals surface area (Å²) in [5.74, 6) is 2.71. The number of hydrogen-bond donors (Lipinski definition) is 0. The SMILES string of the molecule is Cc1cc(Oc2cc(C3=N[C@H](C(c4ccccc4)c4ccccc4)CS3)cc(C(C)(C)C)c2)cc(-n2c3ccc(C(C)(C)C)cc3c3cc(C)cnc32)c1. The van der Waals surface area contributed by atoms with Gasteiger partial charge in [-0.15, -0.1) is 11.8 Å². The molecule has 0 saturated heterocycles. The lowest BCUT2D eigenvalue weighted by molar-refractivity contribution is 0.478. The first kappa shape index (κ1) is 35.9. The number of fused-ring (bicyclic) bond motifs is 3. The summed E-state index contributed by atoms with van der Waals surface area (Å²) in [5, 5.41) is 3.45. The Labute approximate surface area is 324 Å². The zero-order valence-corrected chi connectivity index (χ0v) is 33.5. The number of aromatic nitrogens is 2. The zero-order chi connectivity index (χ0) is 37.8. The highest BCUT2D eigenvalue weighted by atomic mass is 32.2. The fraction of sp³-hybridized carbons (Fsp3) is 0.265. The van der Waals surface area contributed by atoms with Gasteiger partial charge >= 0.3 is 0 Å². The first-order valence-electron chi connectivity index (χ1n) is 19.0. The van der Waals surface area contributed by atoms with Crippen LogP contribution in [0.25, 0.3) is 27.6 Å². The molecule has 0 fully saturated rings. The van der Waals surface area contributed by atoms with Crippen LogP contribution in [0.5, 0.6) is 11.5 Å². The van der Waals surface area contributed by atoms with E-state index in [0.717, 1.165) is 61.2 Å². The normalized spacial score (nSPS) is 15.0. The van der Waals surface area contributed by atoms with Crippen molar-refractivity contribution in [1.29, 1.82) is 0 Å². The molecule has 0 aliphatic carbocycles. The van der Waals surface area contributed by atoms with Gasteiger partial charge in [-0.2, -0.15) is 0 Å². The standard InChI is InChI=1S/C49H49N3OS/c1-31-21-38(52-44-20-19-36(48(3,4)5)27-41(44)42-23-32(2)29-50-46(42)52)28-39(22-31)53-40-25-35(24-37(26-40)49(6,7)8)47-51-43(30-54-47)45(33-15-11-9-12-16-33)34-17-13-10-14-18-34/h9-29,43,45H,30H2,1-8H3/t43-/m0/s1. The second-order valence-electron chi connectivity index (χ2n) is 16.9. The van der Waals surface area contributed by atoms with E-state index in [9.17, 15) is 0 Å². The van der Waals surface area contributed by atoms with Gasteiger partial charge in [0.2, 0.25) is 0 Å². The molecule has 7 aromatic rings. The highest BCUT2D eigenvalue weighted by Gasteiger charge is 2.31. The second kappa shape index (κ2) is 13.9. The van der Waals surface area contributed by atoms with Crippen LogP contribution in [0.15, 0.2) is 133 Å². The molecule has 0 saturated carbocycles. The first-order valence-corrected chi connectivity index (χ1v) is 20.0. The third-order valence-electron chi connectivity index (χ3n) is 10.5. The van der Waals surface area contributed by atoms with E-state index in [-0.39, 0.29) is 22.8 Å². The van der Waals surface area contributed by atoms with Crippen molar-refractivity contribution in [3.8, 4) is 17.2 Å². The molecule has 5 aromatic carbocycles. The van der Waals surface area contributed by atoms with E-state index < -0.39 is 0 Å². The lowest BCUT2D eigenvalue weighted by atomic mass is 9.85. The van der Waals surface area contributed by atoms with Gasteiger partial charge in [-0.25, -0.2) is 4.98 Å². The van der Waals surface area contributed by atoms with Crippen LogP contribution in [0, 0.1) is 13.8 Å². The second-order valence-corrected chi connectivity index (χ2v) is 17.9. The zero-order valence-electron chi connectivity index (χ0n) is 32.6. The molecule has 272 valence electrons. The van der Waals surface area contributed by atoms with Gasteiger partial charge < -0.3 is 4.74 Å². The van der Waals surface area contributed by atoms with Crippen molar-refractivity contribution in [2.45, 2.75) is 78.2 Å². The van der Waals surface area contributed by atoms with Crippen molar-refractivity contribution in [3.05, 3.63) is 166 Å². The minimum absolute atomic E-state index is 0.0413. The van der Waals surface area contributed by atoms with Crippen molar-refractivity contribution in [2.24, 2.45) is 4.99 Å². The van der Waals surface area contributed by atoms with Crippen LogP contribution in [-0.4, -0.2) is 26.4 Å². The smallest absolute Gasteiger partial charge is 0.145 e. The number of ether oxygens (including phenoxy) is 1. The van der Waals surface area contributed by atoms with E-state index in [4.69, 9.17) is 14.7 Å². The number of aliphatic imine (C=N–C) groups is 1. The quantitative estimate of drug-likeness (QED) is 0.164. The summed E-state index contributed by atoms with van der Waals surface area (Å²) in [6.45, 7) is 17.8. The summed E-state index contributed by atoms with van der Waals surface area (Å²) >= 11 is 1.85. The van der Waals surface area contributed by atoms with Crippen LogP contribution in [0.1, 0.15) is 86.4 Å². The minimum Gasteiger partial charge on any atom is -0.457 e. The lowest BCUT2D eigenvalue weighted by Crippen LogP contribution is -2.18. The number of hydrogen-bond acceptors (Lipinski definition) is 4. The molecular formula is C49H49N3OS. The predicted octanol–water partition coefficient (Wildman–Crippen LogP) is 12.9. The number of nitrogens with zero attached hydrogens (tertiary/aromatic N) is 3. The van der Waals surface area contributed by atoms with E-state index >= 15 is 0 Å². The number of rotatable bonds is 7. The van der Waals surface area contributed by atoms with E-state index in [1.54, 1.807) is 0 Å². The molecule has 0 spiro atoms. The fourth-order valence-corrected chi connectivity index (χ4v) is 8.76. The van der Waals surface area contributed by atoms with Crippen molar-refractivity contribution in [1.82, 2.24) is 9.55 Å². The molecule has 1 aliphatic heterocycles. The Hall–Kier alpha value is -5.13. The van der Waals surface area contributed by atoms with Gasteiger partial charge in [-0.1, -0.05) is 108 Å². The average molecular weight is 728 g/mol. The third-order valence-corrected chi connectivity index (χ3v) is 11.7. The first-order chi connectivity index (χ1) is 25.8. The number of benzene rings is 5. The van der Waals surface area contributed by atoms with Gasteiger partial charge in [0.1, 0.15) is 17.1 Å². The van der Waals surface area contributed by atoms with Crippen LogP contribution in [-0.2, 0) is 10.8 Å². The van der Waals surface area contributed by atoms with Crippen molar-refractivity contribution < 1.29 is 4.74 Å². The monoisotopic (exact) mass is 727 g/mol. The molecule has 2 aromatic heterocycles. The molecule has 54 heavy (non-hydrogen) atoms. The third kappa shape index (κ3) is 7.10. The topological polar surface area (TPSA) is 39.4 Å². The van der Waals surface area contributed by atoms with Gasteiger partial charge in [0, 0.05) is 40.3 Å². The molecule has 0 radical (unpaired) electrons. The maximum Gasteiger partial charge on any atom is 0.145 e. The van der Waals surface area contributed by atoms with Crippen LogP contribution in [0.4, 0.5) is 0 Å². The Balaban J connectivity index is 1.19. The van der Waals surface area contributed by atoms with Gasteiger partial charge in [0.25, 0.3) is 0 Å². The summed E-state index contributed by atoms with van der Waals surface area (Å²) in [5.41, 5.74) is 11.6. The Morgan fingerprint density at radius 1 is 0.667 bits per heavy atom. The molecule has 1 aliphatic rings. The number of aryl methyl sites for hydroxylation is 2. The van der Waals surface area contributed by atoms with E-state index in [0.29, 0.717) is 0 Å². The average Bonchev–Trinajstić information content (AvgIpc) is 3.74. The molecule has 0 N–H and O–H groups in total. The molecule has 0 unspecified atom stereocenters. The van der Waals surface area contributed by atoms with Gasteiger partial charge in [0.05, 0.1) is 22.3 Å². The molecule has 8 rings (SSSR count). The highest BCUT2D eigenvalue weighted by molar-refractivity contribution is 8.14. The van der Waals surface area contributed by atoms with Gasteiger partial charge in [-0.05, 0) is 107 Å². The summed E-state index contributed by atoms with van der Waals surface area (Å²) < 4.78 is 9.14. The number of pyridine rings is 1. The Morgan fingerprint density at radius 3 is 2.00 bits per heavy atom. The van der Waals surface area contributed by atoms with Crippen LogP contribution in [0.3, 0.4) is 0 Å². The largest absolute Gasteiger partial charge is 0.457 e. The Bertz CT molecular complexity index is 2480. The summed E-state index contributed by atoms with van der Waals surface area (Å²) in [7, 11) is 0. The summed E-state index contributed by atoms with van der Waals surface area (Å²) in [4.78, 5) is 10.4. The van der Waals surface area contributed by atoms with Crippen LogP contribution in [0.2, 0.25) is 0 Å². The molecule has 4 nitrogen and oxygen atoms in total. The van der Waals surface area contributed by atoms with Crippen molar-refractivity contribution in [3.63, 3.8) is 0 Å². The minimum atomic E-state index is -0.0790. The van der Waals surface area contributed by atoms with Crippen LogP contribution < -0.4 is 4.74 Å². The fourth-order valence-electron chi connectivity index (χ4n) is 7.67. The highest BCUT2D eigenvalue weighted by Crippen LogP contribution is 2.40. The Kier molecular flexibility index (Phi) is 9.26. The summed E-state index contributed by atoms with van der Waals surface area (Å²) in [6.07, 6.45) is 1.96. The molecule has 0 bridgehead atoms. The van der Waals surface area contributed by atoms with Gasteiger partial charge in [0.15, 0.2) is 0 Å². The lowest BCUT2D eigenvalue weighted by Gasteiger charge is -2.22. The molecule has 0 amide bonds. The van der Waals surface area contributed by atoms with Crippen molar-refractivity contribution in [2.75, 3.05) is 5.75 Å².